The molecule has 0 aromatic carbocycles. The lowest BCUT2D eigenvalue weighted by Crippen LogP contribution is -2.38. The van der Waals surface area contributed by atoms with Crippen LogP contribution in [-0.2, 0) is 18.3 Å². The zero-order chi connectivity index (χ0) is 12.3. The molecule has 2 rings (SSSR count). The van der Waals surface area contributed by atoms with Crippen molar-refractivity contribution in [2.45, 2.75) is 38.3 Å². The molecule has 1 saturated heterocycles. The number of hydrogen-bond donors (Lipinski definition) is 0. The van der Waals surface area contributed by atoms with Gasteiger partial charge in [0.15, 0.2) is 0 Å². The highest BCUT2D eigenvalue weighted by Crippen LogP contribution is 2.16. The minimum Gasteiger partial charge on any atom is -0.378 e. The Hall–Kier alpha value is -1.36. The van der Waals surface area contributed by atoms with Gasteiger partial charge in [0.2, 0.25) is 0 Å². The summed E-state index contributed by atoms with van der Waals surface area (Å²) in [6.45, 7) is 1.32. The van der Waals surface area contributed by atoms with Crippen LogP contribution in [0.4, 0.5) is 0 Å². The van der Waals surface area contributed by atoms with Crippen LogP contribution in [0.3, 0.4) is 0 Å². The van der Waals surface area contributed by atoms with Crippen molar-refractivity contribution in [3.05, 3.63) is 33.1 Å². The van der Waals surface area contributed by atoms with Crippen molar-refractivity contribution in [2.75, 3.05) is 6.61 Å². The molecule has 1 aromatic heterocycles. The van der Waals surface area contributed by atoms with Gasteiger partial charge in [0.05, 0.1) is 6.10 Å². The van der Waals surface area contributed by atoms with E-state index < -0.39 is 0 Å². The van der Waals surface area contributed by atoms with Crippen molar-refractivity contribution < 1.29 is 4.74 Å². The Morgan fingerprint density at radius 3 is 3.00 bits per heavy atom. The van der Waals surface area contributed by atoms with Gasteiger partial charge in [0, 0.05) is 32.5 Å². The Labute approximate surface area is 99.6 Å². The van der Waals surface area contributed by atoms with E-state index in [0.717, 1.165) is 32.3 Å². The molecule has 1 fully saturated rings. The number of hydrogen-bond acceptors (Lipinski definition) is 3. The average molecular weight is 238 g/mol. The molecule has 0 N–H and O–H groups in total. The van der Waals surface area contributed by atoms with E-state index in [-0.39, 0.29) is 11.2 Å². The standard InChI is InChI=1S/C12H18N2O3/c1-13-8-6-11(15)14(12(13)16)7-2-4-10-5-3-9-17-10/h6,8,10H,2-5,7,9H2,1H3. The van der Waals surface area contributed by atoms with Crippen molar-refractivity contribution >= 4 is 0 Å². The van der Waals surface area contributed by atoms with Gasteiger partial charge in [0.25, 0.3) is 5.56 Å². The maximum Gasteiger partial charge on any atom is 0.330 e. The van der Waals surface area contributed by atoms with Crippen molar-refractivity contribution in [2.24, 2.45) is 7.05 Å². The molecular formula is C12H18N2O3. The summed E-state index contributed by atoms with van der Waals surface area (Å²) in [4.78, 5) is 23.2. The third-order valence-electron chi connectivity index (χ3n) is 3.17. The van der Waals surface area contributed by atoms with Crippen LogP contribution in [0.15, 0.2) is 21.9 Å². The van der Waals surface area contributed by atoms with E-state index in [1.807, 2.05) is 0 Å². The van der Waals surface area contributed by atoms with Gasteiger partial charge in [-0.05, 0) is 25.7 Å². The van der Waals surface area contributed by atoms with Crippen LogP contribution in [0.5, 0.6) is 0 Å². The molecule has 0 aliphatic carbocycles. The molecule has 1 aliphatic rings. The lowest BCUT2D eigenvalue weighted by atomic mass is 10.1. The van der Waals surface area contributed by atoms with Crippen LogP contribution < -0.4 is 11.2 Å². The molecule has 0 saturated carbocycles. The van der Waals surface area contributed by atoms with Gasteiger partial charge in [-0.25, -0.2) is 4.79 Å². The quantitative estimate of drug-likeness (QED) is 0.768. The molecule has 5 nitrogen and oxygen atoms in total. The largest absolute Gasteiger partial charge is 0.378 e. The van der Waals surface area contributed by atoms with Gasteiger partial charge >= 0.3 is 5.69 Å². The van der Waals surface area contributed by atoms with Crippen molar-refractivity contribution in [1.29, 1.82) is 0 Å². The van der Waals surface area contributed by atoms with Crippen LogP contribution >= 0.6 is 0 Å². The van der Waals surface area contributed by atoms with E-state index in [0.29, 0.717) is 12.6 Å². The molecule has 1 atom stereocenters. The Balaban J connectivity index is 1.96. The molecule has 2 heterocycles. The third-order valence-corrected chi connectivity index (χ3v) is 3.17. The molecule has 0 bridgehead atoms. The predicted molar refractivity (Wildman–Crippen MR) is 64.2 cm³/mol. The normalized spacial score (nSPS) is 19.7. The van der Waals surface area contributed by atoms with Crippen LogP contribution in [-0.4, -0.2) is 21.8 Å². The summed E-state index contributed by atoms with van der Waals surface area (Å²) in [7, 11) is 1.65. The maximum absolute atomic E-state index is 11.7. The van der Waals surface area contributed by atoms with E-state index in [1.54, 1.807) is 7.05 Å². The lowest BCUT2D eigenvalue weighted by molar-refractivity contribution is 0.101. The number of nitrogens with zero attached hydrogens (tertiary/aromatic N) is 2. The van der Waals surface area contributed by atoms with Crippen LogP contribution in [0, 0.1) is 0 Å². The molecule has 17 heavy (non-hydrogen) atoms. The minimum atomic E-state index is -0.246. The van der Waals surface area contributed by atoms with Gasteiger partial charge in [-0.3, -0.25) is 9.36 Å². The molecule has 0 radical (unpaired) electrons. The molecule has 0 amide bonds. The summed E-state index contributed by atoms with van der Waals surface area (Å²) in [6, 6.07) is 1.42. The Bertz CT molecular complexity index is 483. The first-order valence-corrected chi connectivity index (χ1v) is 6.06. The van der Waals surface area contributed by atoms with Crippen LogP contribution in [0.25, 0.3) is 0 Å². The van der Waals surface area contributed by atoms with E-state index in [2.05, 4.69) is 0 Å². The second kappa shape index (κ2) is 5.31. The van der Waals surface area contributed by atoms with Crippen LogP contribution in [0.2, 0.25) is 0 Å². The molecule has 5 heteroatoms. The number of ether oxygens (including phenoxy) is 1. The molecular weight excluding hydrogens is 220 g/mol. The van der Waals surface area contributed by atoms with E-state index in [1.165, 1.54) is 21.4 Å². The van der Waals surface area contributed by atoms with Gasteiger partial charge in [-0.15, -0.1) is 0 Å². The predicted octanol–water partition coefficient (Wildman–Crippen LogP) is 0.506. The molecule has 94 valence electrons. The van der Waals surface area contributed by atoms with Gasteiger partial charge in [-0.2, -0.15) is 0 Å². The summed E-state index contributed by atoms with van der Waals surface area (Å²) >= 11 is 0. The summed E-state index contributed by atoms with van der Waals surface area (Å²) < 4.78 is 8.22. The highest BCUT2D eigenvalue weighted by molar-refractivity contribution is 4.85. The van der Waals surface area contributed by atoms with E-state index in [9.17, 15) is 9.59 Å². The first-order chi connectivity index (χ1) is 8.18. The number of rotatable bonds is 4. The van der Waals surface area contributed by atoms with E-state index in [4.69, 9.17) is 4.74 Å². The fraction of sp³-hybridized carbons (Fsp3) is 0.667. The molecule has 1 unspecified atom stereocenters. The molecule has 0 spiro atoms. The fourth-order valence-electron chi connectivity index (χ4n) is 2.17. The van der Waals surface area contributed by atoms with Gasteiger partial charge in [0.1, 0.15) is 0 Å². The topological polar surface area (TPSA) is 53.2 Å². The third kappa shape index (κ3) is 2.85. The summed E-state index contributed by atoms with van der Waals surface area (Å²) in [6.07, 6.45) is 5.77. The Morgan fingerprint density at radius 2 is 2.29 bits per heavy atom. The zero-order valence-electron chi connectivity index (χ0n) is 10.1. The first kappa shape index (κ1) is 12.1. The highest BCUT2D eigenvalue weighted by atomic mass is 16.5. The first-order valence-electron chi connectivity index (χ1n) is 6.06. The zero-order valence-corrected chi connectivity index (χ0v) is 10.1. The second-order valence-electron chi connectivity index (χ2n) is 4.48. The summed E-state index contributed by atoms with van der Waals surface area (Å²) in [5.41, 5.74) is -0.467. The van der Waals surface area contributed by atoms with Crippen molar-refractivity contribution in [3.8, 4) is 0 Å². The number of aromatic nitrogens is 2. The van der Waals surface area contributed by atoms with Gasteiger partial charge in [-0.1, -0.05) is 0 Å². The van der Waals surface area contributed by atoms with Crippen LogP contribution in [0.1, 0.15) is 25.7 Å². The Kier molecular flexibility index (Phi) is 3.78. The highest BCUT2D eigenvalue weighted by Gasteiger charge is 2.15. The van der Waals surface area contributed by atoms with Gasteiger partial charge < -0.3 is 9.30 Å². The average Bonchev–Trinajstić information content (AvgIpc) is 2.81. The maximum atomic E-state index is 11.7. The molecule has 1 aliphatic heterocycles. The molecule has 1 aromatic rings. The number of aryl methyl sites for hydroxylation is 1. The second-order valence-corrected chi connectivity index (χ2v) is 4.48. The van der Waals surface area contributed by atoms with Crippen molar-refractivity contribution in [1.82, 2.24) is 9.13 Å². The smallest absolute Gasteiger partial charge is 0.330 e. The Morgan fingerprint density at radius 1 is 1.47 bits per heavy atom. The lowest BCUT2D eigenvalue weighted by Gasteiger charge is -2.10. The van der Waals surface area contributed by atoms with E-state index >= 15 is 0 Å². The monoisotopic (exact) mass is 238 g/mol. The van der Waals surface area contributed by atoms with Crippen molar-refractivity contribution in [3.63, 3.8) is 0 Å². The minimum absolute atomic E-state index is 0.222. The summed E-state index contributed by atoms with van der Waals surface area (Å²) in [5, 5.41) is 0. The summed E-state index contributed by atoms with van der Waals surface area (Å²) in [5.74, 6) is 0. The SMILES string of the molecule is Cn1ccc(=O)n(CCCC2CCCO2)c1=O. The fourth-order valence-corrected chi connectivity index (χ4v) is 2.17.